The van der Waals surface area contributed by atoms with Crippen molar-refractivity contribution in [2.45, 2.75) is 31.7 Å². The summed E-state index contributed by atoms with van der Waals surface area (Å²) in [5, 5.41) is 19.5. The van der Waals surface area contributed by atoms with E-state index in [0.29, 0.717) is 25.9 Å². The van der Waals surface area contributed by atoms with Gasteiger partial charge in [0.25, 0.3) is 0 Å². The lowest BCUT2D eigenvalue weighted by Gasteiger charge is -2.31. The largest absolute Gasteiger partial charge is 0.352 e. The van der Waals surface area contributed by atoms with Gasteiger partial charge in [-0.05, 0) is 12.8 Å². The zero-order valence-electron chi connectivity index (χ0n) is 9.48. The number of carbonyl (C=O) groups is 2. The van der Waals surface area contributed by atoms with Crippen LogP contribution in [0.5, 0.6) is 0 Å². The summed E-state index contributed by atoms with van der Waals surface area (Å²) in [4.78, 5) is 24.2. The quantitative estimate of drug-likeness (QED) is 0.738. The van der Waals surface area contributed by atoms with E-state index in [0.717, 1.165) is 0 Å². The average molecular weight is 234 g/mol. The molecule has 6 heteroatoms. The van der Waals surface area contributed by atoms with Gasteiger partial charge in [0.15, 0.2) is 0 Å². The number of nitriles is 2. The smallest absolute Gasteiger partial charge is 0.236 e. The minimum atomic E-state index is -0.269. The van der Waals surface area contributed by atoms with Crippen molar-refractivity contribution in [2.75, 3.05) is 13.1 Å². The molecule has 0 bridgehead atoms. The highest BCUT2D eigenvalue weighted by atomic mass is 16.2. The van der Waals surface area contributed by atoms with Gasteiger partial charge >= 0.3 is 0 Å². The molecule has 6 nitrogen and oxygen atoms in total. The first-order chi connectivity index (χ1) is 8.17. The molecule has 1 fully saturated rings. The number of hydrogen-bond donors (Lipinski definition) is 1. The molecule has 0 radical (unpaired) electrons. The number of likely N-dealkylation sites (tertiary alicyclic amines) is 1. The SMILES string of the molecule is N#CCC(=O)NC1CCN(C(=O)CC#N)CC1. The van der Waals surface area contributed by atoms with Crippen LogP contribution in [0.1, 0.15) is 25.7 Å². The minimum Gasteiger partial charge on any atom is -0.352 e. The minimum absolute atomic E-state index is 0.0296. The Morgan fingerprint density at radius 3 is 2.29 bits per heavy atom. The number of amides is 2. The molecule has 0 aromatic carbocycles. The van der Waals surface area contributed by atoms with Crippen LogP contribution in [0, 0.1) is 22.7 Å². The fourth-order valence-electron chi connectivity index (χ4n) is 1.80. The van der Waals surface area contributed by atoms with E-state index in [4.69, 9.17) is 10.5 Å². The van der Waals surface area contributed by atoms with E-state index in [1.165, 1.54) is 0 Å². The molecule has 17 heavy (non-hydrogen) atoms. The van der Waals surface area contributed by atoms with Crippen LogP contribution in [0.15, 0.2) is 0 Å². The summed E-state index contributed by atoms with van der Waals surface area (Å²) in [7, 11) is 0. The van der Waals surface area contributed by atoms with Gasteiger partial charge in [-0.15, -0.1) is 0 Å². The van der Waals surface area contributed by atoms with E-state index < -0.39 is 0 Å². The summed E-state index contributed by atoms with van der Waals surface area (Å²) in [6.07, 6.45) is 1.13. The van der Waals surface area contributed by atoms with Gasteiger partial charge in [-0.2, -0.15) is 10.5 Å². The summed E-state index contributed by atoms with van der Waals surface area (Å²) < 4.78 is 0. The van der Waals surface area contributed by atoms with Crippen molar-refractivity contribution in [1.82, 2.24) is 10.2 Å². The third-order valence-corrected chi connectivity index (χ3v) is 2.68. The Balaban J connectivity index is 2.31. The molecular formula is C11H14N4O2. The van der Waals surface area contributed by atoms with Gasteiger partial charge in [0.1, 0.15) is 12.8 Å². The Morgan fingerprint density at radius 1 is 1.18 bits per heavy atom. The molecule has 0 unspecified atom stereocenters. The summed E-state index contributed by atoms with van der Waals surface area (Å²) in [6.45, 7) is 1.11. The Bertz CT molecular complexity index is 372. The van der Waals surface area contributed by atoms with Crippen LogP contribution < -0.4 is 5.32 Å². The fourth-order valence-corrected chi connectivity index (χ4v) is 1.80. The molecule has 1 rings (SSSR count). The predicted molar refractivity (Wildman–Crippen MR) is 58.2 cm³/mol. The molecule has 0 aromatic rings. The first kappa shape index (κ1) is 13.0. The first-order valence-corrected chi connectivity index (χ1v) is 5.48. The van der Waals surface area contributed by atoms with Crippen molar-refractivity contribution >= 4 is 11.8 Å². The third-order valence-electron chi connectivity index (χ3n) is 2.68. The van der Waals surface area contributed by atoms with E-state index in [1.807, 2.05) is 6.07 Å². The molecule has 0 saturated carbocycles. The predicted octanol–water partition coefficient (Wildman–Crippen LogP) is -0.0790. The molecule has 0 aliphatic carbocycles. The number of rotatable bonds is 3. The maximum atomic E-state index is 11.4. The van der Waals surface area contributed by atoms with Crippen molar-refractivity contribution in [2.24, 2.45) is 0 Å². The van der Waals surface area contributed by atoms with Crippen molar-refractivity contribution in [3.63, 3.8) is 0 Å². The topological polar surface area (TPSA) is 97.0 Å². The molecule has 2 amide bonds. The van der Waals surface area contributed by atoms with Crippen LogP contribution in [0.4, 0.5) is 0 Å². The second-order valence-electron chi connectivity index (χ2n) is 3.89. The number of carbonyl (C=O) groups excluding carboxylic acids is 2. The highest BCUT2D eigenvalue weighted by molar-refractivity contribution is 5.79. The molecule has 0 aromatic heterocycles. The molecule has 90 valence electrons. The first-order valence-electron chi connectivity index (χ1n) is 5.48. The highest BCUT2D eigenvalue weighted by Crippen LogP contribution is 2.11. The summed E-state index contributed by atoms with van der Waals surface area (Å²) in [5.41, 5.74) is 0. The van der Waals surface area contributed by atoms with Crippen molar-refractivity contribution < 1.29 is 9.59 Å². The van der Waals surface area contributed by atoms with Gasteiger partial charge < -0.3 is 10.2 Å². The normalized spacial score (nSPS) is 15.8. The number of hydrogen-bond acceptors (Lipinski definition) is 4. The molecule has 0 atom stereocenters. The van der Waals surface area contributed by atoms with Crippen LogP contribution >= 0.6 is 0 Å². The fraction of sp³-hybridized carbons (Fsp3) is 0.636. The highest BCUT2D eigenvalue weighted by Gasteiger charge is 2.23. The van der Waals surface area contributed by atoms with Gasteiger partial charge in [-0.3, -0.25) is 9.59 Å². The summed E-state index contributed by atoms with van der Waals surface area (Å²) >= 11 is 0. The molecule has 1 N–H and O–H groups in total. The zero-order valence-corrected chi connectivity index (χ0v) is 9.48. The van der Waals surface area contributed by atoms with Gasteiger partial charge in [-0.25, -0.2) is 0 Å². The van der Waals surface area contributed by atoms with E-state index in [-0.39, 0.29) is 30.7 Å². The maximum absolute atomic E-state index is 11.4. The van der Waals surface area contributed by atoms with Gasteiger partial charge in [0, 0.05) is 19.1 Å². The molecular weight excluding hydrogens is 220 g/mol. The molecule has 1 aliphatic heterocycles. The number of piperidine rings is 1. The van der Waals surface area contributed by atoms with Crippen LogP contribution in [0.25, 0.3) is 0 Å². The number of nitrogens with one attached hydrogen (secondary N) is 1. The third kappa shape index (κ3) is 4.12. The van der Waals surface area contributed by atoms with Gasteiger partial charge in [0.05, 0.1) is 12.1 Å². The Labute approximate surface area is 99.8 Å². The van der Waals surface area contributed by atoms with E-state index >= 15 is 0 Å². The lowest BCUT2D eigenvalue weighted by atomic mass is 10.0. The Kier molecular flexibility index (Phi) is 4.96. The lowest BCUT2D eigenvalue weighted by molar-refractivity contribution is -0.131. The molecule has 1 saturated heterocycles. The molecule has 0 spiro atoms. The molecule has 1 heterocycles. The van der Waals surface area contributed by atoms with Crippen molar-refractivity contribution in [3.05, 3.63) is 0 Å². The Morgan fingerprint density at radius 2 is 1.76 bits per heavy atom. The molecule has 1 aliphatic rings. The van der Waals surface area contributed by atoms with Gasteiger partial charge in [0.2, 0.25) is 11.8 Å². The van der Waals surface area contributed by atoms with Gasteiger partial charge in [-0.1, -0.05) is 0 Å². The summed E-state index contributed by atoms with van der Waals surface area (Å²) in [5.74, 6) is -0.427. The van der Waals surface area contributed by atoms with Crippen LogP contribution in [-0.4, -0.2) is 35.8 Å². The van der Waals surface area contributed by atoms with Crippen LogP contribution in [0.3, 0.4) is 0 Å². The van der Waals surface area contributed by atoms with E-state index in [9.17, 15) is 9.59 Å². The van der Waals surface area contributed by atoms with Crippen LogP contribution in [-0.2, 0) is 9.59 Å². The monoisotopic (exact) mass is 234 g/mol. The Hall–Kier alpha value is -2.08. The van der Waals surface area contributed by atoms with E-state index in [2.05, 4.69) is 5.32 Å². The second kappa shape index (κ2) is 6.49. The average Bonchev–Trinajstić information content (AvgIpc) is 2.30. The lowest BCUT2D eigenvalue weighted by Crippen LogP contribution is -2.46. The van der Waals surface area contributed by atoms with Crippen LogP contribution in [0.2, 0.25) is 0 Å². The standard InChI is InChI=1S/C11H14N4O2/c12-5-1-10(16)14-9-3-7-15(8-4-9)11(17)2-6-13/h9H,1-4,7-8H2,(H,14,16). The zero-order chi connectivity index (χ0) is 12.7. The maximum Gasteiger partial charge on any atom is 0.236 e. The second-order valence-corrected chi connectivity index (χ2v) is 3.89. The van der Waals surface area contributed by atoms with Crippen molar-refractivity contribution in [3.8, 4) is 12.1 Å². The summed E-state index contributed by atoms with van der Waals surface area (Å²) in [6, 6.07) is 3.65. The van der Waals surface area contributed by atoms with Crippen molar-refractivity contribution in [1.29, 1.82) is 10.5 Å². The van der Waals surface area contributed by atoms with E-state index in [1.54, 1.807) is 11.0 Å². The number of nitrogens with zero attached hydrogens (tertiary/aromatic N) is 3.